The Hall–Kier alpha value is -2.21. The van der Waals surface area contributed by atoms with Crippen molar-refractivity contribution in [2.45, 2.75) is 32.2 Å². The van der Waals surface area contributed by atoms with Crippen LogP contribution in [0.3, 0.4) is 0 Å². The van der Waals surface area contributed by atoms with E-state index in [4.69, 9.17) is 4.74 Å². The van der Waals surface area contributed by atoms with Crippen molar-refractivity contribution in [3.05, 3.63) is 47.3 Å². The average molecular weight is 300 g/mol. The molecule has 1 unspecified atom stereocenters. The van der Waals surface area contributed by atoms with Gasteiger partial charge >= 0.3 is 0 Å². The minimum absolute atomic E-state index is 0.0335. The van der Waals surface area contributed by atoms with E-state index in [1.54, 1.807) is 18.6 Å². The number of hydrogen-bond donors (Lipinski definition) is 2. The van der Waals surface area contributed by atoms with Gasteiger partial charge in [0.2, 0.25) is 5.91 Å². The van der Waals surface area contributed by atoms with Crippen LogP contribution in [0.4, 0.5) is 0 Å². The molecule has 116 valence electrons. The van der Waals surface area contributed by atoms with Crippen molar-refractivity contribution in [2.24, 2.45) is 0 Å². The van der Waals surface area contributed by atoms with E-state index in [1.165, 1.54) is 0 Å². The number of imidazole rings is 1. The number of pyridine rings is 1. The zero-order chi connectivity index (χ0) is 15.6. The van der Waals surface area contributed by atoms with Crippen molar-refractivity contribution in [2.75, 3.05) is 13.2 Å². The molecular weight excluding hydrogens is 280 g/mol. The summed E-state index contributed by atoms with van der Waals surface area (Å²) in [7, 11) is 0. The van der Waals surface area contributed by atoms with Crippen LogP contribution in [0.25, 0.3) is 0 Å². The zero-order valence-corrected chi connectivity index (χ0v) is 12.8. The van der Waals surface area contributed by atoms with Crippen LogP contribution >= 0.6 is 0 Å². The third-order valence-corrected chi connectivity index (χ3v) is 4.04. The largest absolute Gasteiger partial charge is 0.378 e. The van der Waals surface area contributed by atoms with Crippen LogP contribution in [-0.2, 0) is 21.5 Å². The highest BCUT2D eigenvalue weighted by Gasteiger charge is 2.40. The summed E-state index contributed by atoms with van der Waals surface area (Å²) in [5.74, 6) is 0.733. The van der Waals surface area contributed by atoms with Crippen molar-refractivity contribution in [3.63, 3.8) is 0 Å². The molecule has 1 aliphatic rings. The minimum Gasteiger partial charge on any atom is -0.378 e. The lowest BCUT2D eigenvalue weighted by atomic mass is 9.96. The number of carbonyl (C=O) groups excluding carboxylic acids is 1. The molecule has 0 saturated carbocycles. The highest BCUT2D eigenvalue weighted by atomic mass is 16.5. The van der Waals surface area contributed by atoms with Gasteiger partial charge in [0.05, 0.1) is 13.0 Å². The molecular formula is C16H20N4O2. The van der Waals surface area contributed by atoms with Crippen LogP contribution in [-0.4, -0.2) is 34.1 Å². The molecule has 3 heterocycles. The van der Waals surface area contributed by atoms with Crippen molar-refractivity contribution in [1.82, 2.24) is 20.3 Å². The van der Waals surface area contributed by atoms with Gasteiger partial charge in [0.15, 0.2) is 0 Å². The molecule has 0 spiro atoms. The Morgan fingerprint density at radius 1 is 1.45 bits per heavy atom. The molecule has 1 amide bonds. The van der Waals surface area contributed by atoms with E-state index in [-0.39, 0.29) is 5.91 Å². The summed E-state index contributed by atoms with van der Waals surface area (Å²) in [6, 6.07) is 1.88. The maximum absolute atomic E-state index is 12.5. The van der Waals surface area contributed by atoms with E-state index >= 15 is 0 Å². The molecule has 1 saturated heterocycles. The Labute approximate surface area is 129 Å². The molecule has 6 heteroatoms. The number of ether oxygens (including phenoxy) is 1. The second kappa shape index (κ2) is 5.88. The number of nitrogens with zero attached hydrogens (tertiary/aromatic N) is 2. The van der Waals surface area contributed by atoms with Gasteiger partial charge in [-0.05, 0) is 31.0 Å². The standard InChI is InChI=1S/C16H20N4O2/c1-11-8-17-5-3-13(11)7-14(21)20-16(4-6-22-10-16)15-18-9-12(2)19-15/h3,5,8-9H,4,6-7,10H2,1-2H3,(H,18,19)(H,20,21). The normalized spacial score (nSPS) is 21.0. The molecule has 2 aromatic rings. The van der Waals surface area contributed by atoms with E-state index in [1.807, 2.05) is 19.9 Å². The Morgan fingerprint density at radius 3 is 2.95 bits per heavy atom. The number of aromatic nitrogens is 3. The first-order valence-electron chi connectivity index (χ1n) is 7.39. The number of rotatable bonds is 4. The number of aryl methyl sites for hydroxylation is 2. The van der Waals surface area contributed by atoms with Gasteiger partial charge in [-0.25, -0.2) is 4.98 Å². The molecule has 0 aromatic carbocycles. The van der Waals surface area contributed by atoms with Gasteiger partial charge in [0.1, 0.15) is 11.4 Å². The fourth-order valence-electron chi connectivity index (χ4n) is 2.75. The monoisotopic (exact) mass is 300 g/mol. The van der Waals surface area contributed by atoms with Crippen LogP contribution in [0.15, 0.2) is 24.7 Å². The molecule has 22 heavy (non-hydrogen) atoms. The van der Waals surface area contributed by atoms with Gasteiger partial charge in [0, 0.05) is 37.3 Å². The van der Waals surface area contributed by atoms with Gasteiger partial charge in [-0.3, -0.25) is 9.78 Å². The number of carbonyl (C=O) groups is 1. The summed E-state index contributed by atoms with van der Waals surface area (Å²) >= 11 is 0. The lowest BCUT2D eigenvalue weighted by Crippen LogP contribution is -2.48. The first-order valence-corrected chi connectivity index (χ1v) is 7.39. The highest BCUT2D eigenvalue weighted by molar-refractivity contribution is 5.79. The highest BCUT2D eigenvalue weighted by Crippen LogP contribution is 2.28. The van der Waals surface area contributed by atoms with Gasteiger partial charge in [-0.1, -0.05) is 0 Å². The second-order valence-electron chi connectivity index (χ2n) is 5.83. The topological polar surface area (TPSA) is 79.9 Å². The molecule has 0 bridgehead atoms. The number of amides is 1. The van der Waals surface area contributed by atoms with Gasteiger partial charge in [-0.2, -0.15) is 0 Å². The fraction of sp³-hybridized carbons (Fsp3) is 0.438. The number of aromatic amines is 1. The maximum Gasteiger partial charge on any atom is 0.225 e. The van der Waals surface area contributed by atoms with E-state index in [9.17, 15) is 4.79 Å². The van der Waals surface area contributed by atoms with Gasteiger partial charge in [0.25, 0.3) is 0 Å². The van der Waals surface area contributed by atoms with Crippen molar-refractivity contribution in [1.29, 1.82) is 0 Å². The molecule has 0 radical (unpaired) electrons. The first-order chi connectivity index (χ1) is 10.6. The summed E-state index contributed by atoms with van der Waals surface area (Å²) < 4.78 is 5.51. The van der Waals surface area contributed by atoms with Crippen molar-refractivity contribution >= 4 is 5.91 Å². The maximum atomic E-state index is 12.5. The fourth-order valence-corrected chi connectivity index (χ4v) is 2.75. The average Bonchev–Trinajstić information content (AvgIpc) is 3.11. The summed E-state index contributed by atoms with van der Waals surface area (Å²) in [4.78, 5) is 24.1. The van der Waals surface area contributed by atoms with E-state index in [0.717, 1.165) is 29.1 Å². The van der Waals surface area contributed by atoms with Gasteiger partial charge < -0.3 is 15.0 Å². The van der Waals surface area contributed by atoms with Crippen LogP contribution in [0.1, 0.15) is 29.1 Å². The molecule has 1 atom stereocenters. The summed E-state index contributed by atoms with van der Waals surface area (Å²) in [6.07, 6.45) is 6.30. The van der Waals surface area contributed by atoms with Crippen LogP contribution in [0.5, 0.6) is 0 Å². The smallest absolute Gasteiger partial charge is 0.225 e. The molecule has 1 aliphatic heterocycles. The van der Waals surface area contributed by atoms with Crippen molar-refractivity contribution < 1.29 is 9.53 Å². The molecule has 1 fully saturated rings. The zero-order valence-electron chi connectivity index (χ0n) is 12.8. The molecule has 2 aromatic heterocycles. The number of H-pyrrole nitrogens is 1. The van der Waals surface area contributed by atoms with Crippen molar-refractivity contribution in [3.8, 4) is 0 Å². The third-order valence-electron chi connectivity index (χ3n) is 4.04. The Balaban J connectivity index is 1.77. The lowest BCUT2D eigenvalue weighted by molar-refractivity contribution is -0.122. The number of hydrogen-bond acceptors (Lipinski definition) is 4. The second-order valence-corrected chi connectivity index (χ2v) is 5.83. The molecule has 3 rings (SSSR count). The summed E-state index contributed by atoms with van der Waals surface area (Å²) in [6.45, 7) is 4.97. The minimum atomic E-state index is -0.549. The predicted molar refractivity (Wildman–Crippen MR) is 81.3 cm³/mol. The Bertz CT molecular complexity index is 674. The van der Waals surface area contributed by atoms with Gasteiger partial charge in [-0.15, -0.1) is 0 Å². The van der Waals surface area contributed by atoms with E-state index < -0.39 is 5.54 Å². The van der Waals surface area contributed by atoms with E-state index in [2.05, 4.69) is 20.3 Å². The SMILES string of the molecule is Cc1cnc(C2(NC(=O)Cc3ccncc3C)CCOC2)[nH]1. The van der Waals surface area contributed by atoms with E-state index in [0.29, 0.717) is 19.6 Å². The summed E-state index contributed by atoms with van der Waals surface area (Å²) in [5, 5.41) is 3.12. The third kappa shape index (κ3) is 2.87. The lowest BCUT2D eigenvalue weighted by Gasteiger charge is -2.26. The first kappa shape index (κ1) is 14.7. The van der Waals surface area contributed by atoms with Crippen LogP contribution in [0.2, 0.25) is 0 Å². The summed E-state index contributed by atoms with van der Waals surface area (Å²) in [5.41, 5.74) is 2.42. The molecule has 2 N–H and O–H groups in total. The predicted octanol–water partition coefficient (Wildman–Crippen LogP) is 1.40. The quantitative estimate of drug-likeness (QED) is 0.894. The van der Waals surface area contributed by atoms with Crippen LogP contribution in [0, 0.1) is 13.8 Å². The Morgan fingerprint density at radius 2 is 2.32 bits per heavy atom. The van der Waals surface area contributed by atoms with Crippen LogP contribution < -0.4 is 5.32 Å². The molecule has 6 nitrogen and oxygen atoms in total. The molecule has 0 aliphatic carbocycles. The number of nitrogens with one attached hydrogen (secondary N) is 2. The Kier molecular flexibility index (Phi) is 3.94.